The summed E-state index contributed by atoms with van der Waals surface area (Å²) >= 11 is 0. The molecule has 3 rings (SSSR count). The molecule has 3 heteroatoms. The number of piperidine rings is 1. The Morgan fingerprint density at radius 1 is 1.15 bits per heavy atom. The van der Waals surface area contributed by atoms with Gasteiger partial charge < -0.3 is 10.6 Å². The van der Waals surface area contributed by atoms with Crippen LogP contribution in [0.3, 0.4) is 0 Å². The molecule has 1 atom stereocenters. The Morgan fingerprint density at radius 3 is 2.40 bits per heavy atom. The number of hydrogen-bond acceptors (Lipinski definition) is 2. The van der Waals surface area contributed by atoms with Gasteiger partial charge in [-0.25, -0.2) is 4.39 Å². The van der Waals surface area contributed by atoms with Gasteiger partial charge in [-0.1, -0.05) is 25.0 Å². The van der Waals surface area contributed by atoms with E-state index in [1.165, 1.54) is 38.5 Å². The van der Waals surface area contributed by atoms with Crippen molar-refractivity contribution in [3.05, 3.63) is 29.6 Å². The summed E-state index contributed by atoms with van der Waals surface area (Å²) in [7, 11) is 0. The van der Waals surface area contributed by atoms with E-state index in [1.54, 1.807) is 12.1 Å². The molecule has 0 aromatic heterocycles. The van der Waals surface area contributed by atoms with Gasteiger partial charge in [0.15, 0.2) is 0 Å². The molecule has 20 heavy (non-hydrogen) atoms. The monoisotopic (exact) mass is 276 g/mol. The predicted molar refractivity (Wildman–Crippen MR) is 81.4 cm³/mol. The zero-order valence-corrected chi connectivity index (χ0v) is 12.4. The van der Waals surface area contributed by atoms with Crippen molar-refractivity contribution in [3.63, 3.8) is 0 Å². The van der Waals surface area contributed by atoms with Gasteiger partial charge in [-0.15, -0.1) is 0 Å². The number of para-hydroxylation sites is 1. The second-order valence-corrected chi connectivity index (χ2v) is 6.66. The molecule has 1 saturated carbocycles. The zero-order valence-electron chi connectivity index (χ0n) is 12.4. The van der Waals surface area contributed by atoms with Crippen molar-refractivity contribution < 1.29 is 4.39 Å². The fourth-order valence-electron chi connectivity index (χ4n) is 4.06. The molecule has 1 unspecified atom stereocenters. The topological polar surface area (TPSA) is 29.3 Å². The summed E-state index contributed by atoms with van der Waals surface area (Å²) in [6, 6.07) is 5.16. The van der Waals surface area contributed by atoms with Crippen LogP contribution < -0.4 is 10.6 Å². The summed E-state index contributed by atoms with van der Waals surface area (Å²) < 4.78 is 14.3. The summed E-state index contributed by atoms with van der Waals surface area (Å²) in [4.78, 5) is 2.22. The Kier molecular flexibility index (Phi) is 3.72. The largest absolute Gasteiger partial charge is 0.369 e. The van der Waals surface area contributed by atoms with E-state index in [-0.39, 0.29) is 11.9 Å². The van der Waals surface area contributed by atoms with Crippen LogP contribution in [0.15, 0.2) is 18.2 Å². The van der Waals surface area contributed by atoms with E-state index in [1.807, 2.05) is 13.0 Å². The lowest BCUT2D eigenvalue weighted by Gasteiger charge is -2.41. The van der Waals surface area contributed by atoms with Crippen molar-refractivity contribution in [2.45, 2.75) is 51.5 Å². The van der Waals surface area contributed by atoms with E-state index in [0.717, 1.165) is 24.3 Å². The third-order valence-electron chi connectivity index (χ3n) is 5.31. The Bertz CT molecular complexity index is 468. The molecule has 0 amide bonds. The number of nitrogens with two attached hydrogens (primary N) is 1. The van der Waals surface area contributed by atoms with Gasteiger partial charge in [0.05, 0.1) is 5.69 Å². The van der Waals surface area contributed by atoms with E-state index < -0.39 is 0 Å². The third-order valence-corrected chi connectivity index (χ3v) is 5.31. The lowest BCUT2D eigenvalue weighted by molar-refractivity contribution is 0.226. The van der Waals surface area contributed by atoms with Crippen LogP contribution >= 0.6 is 0 Å². The Labute approximate surface area is 121 Å². The molecule has 1 aliphatic carbocycles. The molecular weight excluding hydrogens is 251 g/mol. The van der Waals surface area contributed by atoms with E-state index in [2.05, 4.69) is 4.90 Å². The first-order chi connectivity index (χ1) is 9.61. The van der Waals surface area contributed by atoms with Crippen molar-refractivity contribution >= 4 is 5.69 Å². The molecule has 0 radical (unpaired) electrons. The van der Waals surface area contributed by atoms with E-state index in [0.29, 0.717) is 5.41 Å². The van der Waals surface area contributed by atoms with Crippen LogP contribution in [0.5, 0.6) is 0 Å². The van der Waals surface area contributed by atoms with E-state index in [9.17, 15) is 4.39 Å². The SMILES string of the molecule is CC(N)c1cccc(F)c1N1CCC2(CCCC2)CC1. The molecule has 1 aliphatic heterocycles. The minimum atomic E-state index is -0.123. The molecule has 2 fully saturated rings. The molecule has 2 nitrogen and oxygen atoms in total. The highest BCUT2D eigenvalue weighted by Gasteiger charge is 2.37. The first kappa shape index (κ1) is 13.9. The molecule has 2 aliphatic rings. The van der Waals surface area contributed by atoms with Gasteiger partial charge in [0.2, 0.25) is 0 Å². The summed E-state index contributed by atoms with van der Waals surface area (Å²) in [5.74, 6) is -0.123. The van der Waals surface area contributed by atoms with E-state index in [4.69, 9.17) is 5.73 Å². The van der Waals surface area contributed by atoms with Crippen LogP contribution in [0, 0.1) is 11.2 Å². The van der Waals surface area contributed by atoms with E-state index >= 15 is 0 Å². The third kappa shape index (κ3) is 2.44. The first-order valence-electron chi connectivity index (χ1n) is 7.90. The minimum absolute atomic E-state index is 0.122. The summed E-state index contributed by atoms with van der Waals surface area (Å²) in [5, 5.41) is 0. The Balaban J connectivity index is 1.81. The predicted octanol–water partition coefficient (Wildman–Crippen LogP) is 4.01. The standard InChI is InChI=1S/C17H25FN2/c1-13(19)14-5-4-6-15(18)16(14)20-11-9-17(10-12-20)7-2-3-8-17/h4-6,13H,2-3,7-12,19H2,1H3. The Hall–Kier alpha value is -1.09. The molecule has 2 N–H and O–H groups in total. The lowest BCUT2D eigenvalue weighted by atomic mass is 9.77. The number of halogens is 1. The zero-order chi connectivity index (χ0) is 14.2. The minimum Gasteiger partial charge on any atom is -0.369 e. The smallest absolute Gasteiger partial charge is 0.146 e. The van der Waals surface area contributed by atoms with Crippen molar-refractivity contribution in [2.75, 3.05) is 18.0 Å². The number of benzene rings is 1. The maximum Gasteiger partial charge on any atom is 0.146 e. The van der Waals surface area contributed by atoms with Gasteiger partial charge in [0, 0.05) is 19.1 Å². The molecule has 1 heterocycles. The number of rotatable bonds is 2. The van der Waals surface area contributed by atoms with Crippen molar-refractivity contribution in [1.82, 2.24) is 0 Å². The highest BCUT2D eigenvalue weighted by atomic mass is 19.1. The maximum absolute atomic E-state index is 14.3. The number of nitrogens with zero attached hydrogens (tertiary/aromatic N) is 1. The first-order valence-corrected chi connectivity index (χ1v) is 7.90. The van der Waals surface area contributed by atoms with Gasteiger partial charge in [-0.2, -0.15) is 0 Å². The molecule has 1 aromatic rings. The fraction of sp³-hybridized carbons (Fsp3) is 0.647. The quantitative estimate of drug-likeness (QED) is 0.884. The summed E-state index contributed by atoms with van der Waals surface area (Å²) in [5.41, 5.74) is 8.26. The van der Waals surface area contributed by atoms with Gasteiger partial charge in [-0.05, 0) is 49.7 Å². The van der Waals surface area contributed by atoms with Crippen molar-refractivity contribution in [1.29, 1.82) is 0 Å². The molecule has 1 spiro atoms. The van der Waals surface area contributed by atoms with Gasteiger partial charge in [0.1, 0.15) is 5.82 Å². The van der Waals surface area contributed by atoms with Crippen LogP contribution in [0.25, 0.3) is 0 Å². The second kappa shape index (κ2) is 5.36. The molecule has 1 aromatic carbocycles. The van der Waals surface area contributed by atoms with Crippen LogP contribution in [0.2, 0.25) is 0 Å². The van der Waals surface area contributed by atoms with Crippen molar-refractivity contribution in [3.8, 4) is 0 Å². The average molecular weight is 276 g/mol. The number of hydrogen-bond donors (Lipinski definition) is 1. The highest BCUT2D eigenvalue weighted by molar-refractivity contribution is 5.56. The van der Waals surface area contributed by atoms with Gasteiger partial charge in [0.25, 0.3) is 0 Å². The molecular formula is C17H25FN2. The van der Waals surface area contributed by atoms with Crippen molar-refractivity contribution in [2.24, 2.45) is 11.1 Å². The van der Waals surface area contributed by atoms with Gasteiger partial charge >= 0.3 is 0 Å². The molecule has 0 bridgehead atoms. The average Bonchev–Trinajstić information content (AvgIpc) is 2.88. The summed E-state index contributed by atoms with van der Waals surface area (Å²) in [6.45, 7) is 3.88. The highest BCUT2D eigenvalue weighted by Crippen LogP contribution is 2.47. The molecule has 110 valence electrons. The van der Waals surface area contributed by atoms with Gasteiger partial charge in [-0.3, -0.25) is 0 Å². The lowest BCUT2D eigenvalue weighted by Crippen LogP contribution is -2.40. The fourth-order valence-corrected chi connectivity index (χ4v) is 4.06. The maximum atomic E-state index is 14.3. The number of anilines is 1. The van der Waals surface area contributed by atoms with Crippen LogP contribution in [-0.2, 0) is 0 Å². The Morgan fingerprint density at radius 2 is 1.80 bits per heavy atom. The second-order valence-electron chi connectivity index (χ2n) is 6.66. The summed E-state index contributed by atoms with van der Waals surface area (Å²) in [6.07, 6.45) is 7.92. The normalized spacial score (nSPS) is 23.2. The molecule has 1 saturated heterocycles. The van der Waals surface area contributed by atoms with Crippen LogP contribution in [0.1, 0.15) is 57.1 Å². The van der Waals surface area contributed by atoms with Crippen LogP contribution in [-0.4, -0.2) is 13.1 Å². The van der Waals surface area contributed by atoms with Crippen LogP contribution in [0.4, 0.5) is 10.1 Å².